The summed E-state index contributed by atoms with van der Waals surface area (Å²) in [6.07, 6.45) is -0.686. The van der Waals surface area contributed by atoms with E-state index in [1.807, 2.05) is 0 Å². The predicted octanol–water partition coefficient (Wildman–Crippen LogP) is 5.33. The van der Waals surface area contributed by atoms with Crippen LogP contribution in [0.4, 0.5) is 24.8 Å². The molecule has 1 aliphatic rings. The van der Waals surface area contributed by atoms with Crippen molar-refractivity contribution >= 4 is 23.6 Å². The molecule has 10 heteroatoms. The summed E-state index contributed by atoms with van der Waals surface area (Å²) in [5, 5.41) is 2.75. The molecular formula is C23H19F3N4O3. The molecule has 0 spiro atoms. The van der Waals surface area contributed by atoms with Gasteiger partial charge in [-0.1, -0.05) is 24.8 Å². The summed E-state index contributed by atoms with van der Waals surface area (Å²) < 4.78 is 52.4. The number of benzene rings is 2. The van der Waals surface area contributed by atoms with Crippen LogP contribution in [0.5, 0.6) is 17.4 Å². The fraction of sp³-hybridized carbons (Fsp3) is 0.174. The molecule has 0 fully saturated rings. The molecule has 1 aliphatic heterocycles. The van der Waals surface area contributed by atoms with Gasteiger partial charge in [-0.3, -0.25) is 4.79 Å². The summed E-state index contributed by atoms with van der Waals surface area (Å²) in [6.45, 7) is 3.92. The molecule has 0 radical (unpaired) electrons. The minimum Gasteiger partial charge on any atom is -0.495 e. The van der Waals surface area contributed by atoms with Gasteiger partial charge < -0.3 is 19.7 Å². The highest BCUT2D eigenvalue weighted by Gasteiger charge is 2.29. The third kappa shape index (κ3) is 4.19. The molecule has 0 saturated carbocycles. The number of nitrogens with one attached hydrogen (secondary N) is 1. The van der Waals surface area contributed by atoms with Gasteiger partial charge in [0.1, 0.15) is 17.3 Å². The highest BCUT2D eigenvalue weighted by atomic mass is 19.3. The molecule has 170 valence electrons. The molecular weight excluding hydrogens is 437 g/mol. The summed E-state index contributed by atoms with van der Waals surface area (Å²) in [5.74, 6) is -1.04. The Kier molecular flexibility index (Phi) is 5.91. The van der Waals surface area contributed by atoms with E-state index in [1.54, 1.807) is 19.2 Å². The quantitative estimate of drug-likeness (QED) is 0.518. The number of methoxy groups -OCH3 is 1. The highest BCUT2D eigenvalue weighted by molar-refractivity contribution is 6.00. The molecule has 3 aromatic rings. The predicted molar refractivity (Wildman–Crippen MR) is 116 cm³/mol. The molecule has 2 heterocycles. The number of anilines is 2. The van der Waals surface area contributed by atoms with E-state index >= 15 is 0 Å². The molecule has 7 nitrogen and oxygen atoms in total. The number of hydrogen-bond acceptors (Lipinski definition) is 6. The van der Waals surface area contributed by atoms with Gasteiger partial charge >= 0.3 is 0 Å². The van der Waals surface area contributed by atoms with E-state index in [0.717, 1.165) is 12.3 Å². The van der Waals surface area contributed by atoms with Gasteiger partial charge in [-0.05, 0) is 17.7 Å². The number of fused-ring (bicyclic) bond motifs is 1. The number of amides is 1. The van der Waals surface area contributed by atoms with Gasteiger partial charge in [0.05, 0.1) is 23.9 Å². The molecule has 0 saturated heterocycles. The standard InChI is InChI=1S/C23H19F3N4O3/c1-4-12-8-18(32-3)16(9-15(12)24)28-23-27-10-14(20(25)26)21(29-23)33-17-7-5-6-13-11-30(2)22(31)19(13)17/h4-10,20H,1,11H2,2-3H3,(H,27,28,29). The van der Waals surface area contributed by atoms with Crippen LogP contribution < -0.4 is 14.8 Å². The lowest BCUT2D eigenvalue weighted by atomic mass is 10.1. The van der Waals surface area contributed by atoms with E-state index in [1.165, 1.54) is 30.2 Å². The smallest absolute Gasteiger partial charge is 0.270 e. The van der Waals surface area contributed by atoms with Crippen molar-refractivity contribution in [3.8, 4) is 17.4 Å². The fourth-order valence-corrected chi connectivity index (χ4v) is 3.44. The lowest BCUT2D eigenvalue weighted by Crippen LogP contribution is -2.18. The fourth-order valence-electron chi connectivity index (χ4n) is 3.44. The minimum absolute atomic E-state index is 0.104. The van der Waals surface area contributed by atoms with Crippen LogP contribution in [0.3, 0.4) is 0 Å². The van der Waals surface area contributed by atoms with Crippen molar-refractivity contribution in [2.45, 2.75) is 13.0 Å². The number of hydrogen-bond donors (Lipinski definition) is 1. The number of ether oxygens (including phenoxy) is 2. The van der Waals surface area contributed by atoms with Crippen molar-refractivity contribution in [1.29, 1.82) is 0 Å². The van der Waals surface area contributed by atoms with Crippen molar-refractivity contribution < 1.29 is 27.4 Å². The van der Waals surface area contributed by atoms with Gasteiger partial charge in [-0.15, -0.1) is 0 Å². The Morgan fingerprint density at radius 3 is 2.76 bits per heavy atom. The molecule has 1 amide bonds. The number of halogens is 3. The molecule has 0 atom stereocenters. The third-order valence-electron chi connectivity index (χ3n) is 5.09. The number of rotatable bonds is 7. The zero-order valence-electron chi connectivity index (χ0n) is 17.7. The first-order valence-electron chi connectivity index (χ1n) is 9.79. The molecule has 4 rings (SSSR count). The number of carbonyl (C=O) groups is 1. The number of alkyl halides is 2. The Labute approximate surface area is 187 Å². The monoisotopic (exact) mass is 456 g/mol. The Morgan fingerprint density at radius 1 is 1.27 bits per heavy atom. The van der Waals surface area contributed by atoms with E-state index in [2.05, 4.69) is 21.9 Å². The SMILES string of the molecule is C=Cc1cc(OC)c(Nc2ncc(C(F)F)c(Oc3cccc4c3C(=O)N(C)C4)n2)cc1F. The molecule has 0 unspecified atom stereocenters. The molecule has 0 aliphatic carbocycles. The van der Waals surface area contributed by atoms with Gasteiger partial charge in [-0.2, -0.15) is 4.98 Å². The zero-order chi connectivity index (χ0) is 23.7. The van der Waals surface area contributed by atoms with Crippen molar-refractivity contribution in [1.82, 2.24) is 14.9 Å². The first-order valence-corrected chi connectivity index (χ1v) is 9.79. The molecule has 0 bridgehead atoms. The maximum atomic E-state index is 14.2. The van der Waals surface area contributed by atoms with Gasteiger partial charge in [0.15, 0.2) is 0 Å². The normalized spacial score (nSPS) is 12.7. The molecule has 1 N–H and O–H groups in total. The van der Waals surface area contributed by atoms with Crippen LogP contribution in [-0.4, -0.2) is 34.9 Å². The number of aromatic nitrogens is 2. The van der Waals surface area contributed by atoms with E-state index in [4.69, 9.17) is 9.47 Å². The Morgan fingerprint density at radius 2 is 2.06 bits per heavy atom. The summed E-state index contributed by atoms with van der Waals surface area (Å²) in [6, 6.07) is 7.51. The first kappa shape index (κ1) is 22.1. The lowest BCUT2D eigenvalue weighted by Gasteiger charge is -2.15. The Bertz CT molecular complexity index is 1250. The van der Waals surface area contributed by atoms with Crippen molar-refractivity contribution in [2.75, 3.05) is 19.5 Å². The Hall–Kier alpha value is -4.08. The van der Waals surface area contributed by atoms with E-state index in [0.29, 0.717) is 12.1 Å². The van der Waals surface area contributed by atoms with Crippen LogP contribution in [0.15, 0.2) is 43.1 Å². The lowest BCUT2D eigenvalue weighted by molar-refractivity contribution is 0.0814. The maximum absolute atomic E-state index is 14.2. The number of carbonyl (C=O) groups excluding carboxylic acids is 1. The molecule has 2 aromatic carbocycles. The zero-order valence-corrected chi connectivity index (χ0v) is 17.7. The topological polar surface area (TPSA) is 76.6 Å². The highest BCUT2D eigenvalue weighted by Crippen LogP contribution is 2.37. The minimum atomic E-state index is -2.93. The largest absolute Gasteiger partial charge is 0.495 e. The van der Waals surface area contributed by atoms with Crippen LogP contribution in [0.1, 0.15) is 33.5 Å². The second kappa shape index (κ2) is 8.81. The number of nitrogens with zero attached hydrogens (tertiary/aromatic N) is 3. The van der Waals surface area contributed by atoms with Gasteiger partial charge in [-0.25, -0.2) is 18.2 Å². The maximum Gasteiger partial charge on any atom is 0.270 e. The van der Waals surface area contributed by atoms with Gasteiger partial charge in [0.2, 0.25) is 11.8 Å². The van der Waals surface area contributed by atoms with Crippen molar-refractivity contribution in [3.63, 3.8) is 0 Å². The van der Waals surface area contributed by atoms with Gasteiger partial charge in [0.25, 0.3) is 12.3 Å². The van der Waals surface area contributed by atoms with E-state index in [9.17, 15) is 18.0 Å². The third-order valence-corrected chi connectivity index (χ3v) is 5.09. The van der Waals surface area contributed by atoms with Crippen LogP contribution in [0.25, 0.3) is 6.08 Å². The Balaban J connectivity index is 1.72. The summed E-state index contributed by atoms with van der Waals surface area (Å²) >= 11 is 0. The summed E-state index contributed by atoms with van der Waals surface area (Å²) in [5.41, 5.74) is 0.847. The van der Waals surface area contributed by atoms with Crippen molar-refractivity contribution in [3.05, 3.63) is 71.2 Å². The van der Waals surface area contributed by atoms with Gasteiger partial charge in [0, 0.05) is 31.4 Å². The average molecular weight is 456 g/mol. The van der Waals surface area contributed by atoms with Crippen molar-refractivity contribution in [2.24, 2.45) is 0 Å². The van der Waals surface area contributed by atoms with Crippen LogP contribution in [0.2, 0.25) is 0 Å². The second-order valence-corrected chi connectivity index (χ2v) is 7.21. The molecule has 1 aromatic heterocycles. The molecule has 33 heavy (non-hydrogen) atoms. The van der Waals surface area contributed by atoms with Crippen LogP contribution in [-0.2, 0) is 6.54 Å². The van der Waals surface area contributed by atoms with Crippen LogP contribution in [0, 0.1) is 5.82 Å². The summed E-state index contributed by atoms with van der Waals surface area (Å²) in [7, 11) is 3.03. The summed E-state index contributed by atoms with van der Waals surface area (Å²) in [4.78, 5) is 21.9. The first-order chi connectivity index (χ1) is 15.8. The second-order valence-electron chi connectivity index (χ2n) is 7.21. The van der Waals surface area contributed by atoms with Crippen LogP contribution >= 0.6 is 0 Å². The van der Waals surface area contributed by atoms with E-state index in [-0.39, 0.29) is 40.2 Å². The van der Waals surface area contributed by atoms with E-state index < -0.39 is 23.7 Å². The average Bonchev–Trinajstić information content (AvgIpc) is 3.08.